The van der Waals surface area contributed by atoms with Crippen LogP contribution in [0.1, 0.15) is 11.1 Å². The van der Waals surface area contributed by atoms with E-state index in [-0.39, 0.29) is 23.1 Å². The minimum absolute atomic E-state index is 0.0534. The molecular formula is C25H25Cl2N3O5S. The maximum Gasteiger partial charge on any atom is 0.262 e. The second-order valence-corrected chi connectivity index (χ2v) is 10.8. The molecule has 0 saturated carbocycles. The number of nitrogens with one attached hydrogen (secondary N) is 1. The van der Waals surface area contributed by atoms with Gasteiger partial charge >= 0.3 is 0 Å². The third kappa shape index (κ3) is 6.04. The Morgan fingerprint density at radius 3 is 2.64 bits per heavy atom. The van der Waals surface area contributed by atoms with Gasteiger partial charge in [0, 0.05) is 23.7 Å². The first-order chi connectivity index (χ1) is 17.1. The lowest BCUT2D eigenvalue weighted by Gasteiger charge is -2.15. The molecule has 0 saturated heterocycles. The predicted molar refractivity (Wildman–Crippen MR) is 141 cm³/mol. The molecule has 8 nitrogen and oxygen atoms in total. The average molecular weight is 550 g/mol. The first-order valence-corrected chi connectivity index (χ1v) is 13.2. The number of ether oxygens (including phenoxy) is 2. The highest BCUT2D eigenvalue weighted by atomic mass is 35.5. The normalized spacial score (nSPS) is 11.7. The van der Waals surface area contributed by atoms with Gasteiger partial charge in [-0.25, -0.2) is 13.4 Å². The molecule has 2 aromatic heterocycles. The van der Waals surface area contributed by atoms with Gasteiger partial charge in [-0.05, 0) is 56.4 Å². The predicted octanol–water partition coefficient (Wildman–Crippen LogP) is 5.76. The number of anilines is 1. The van der Waals surface area contributed by atoms with Crippen molar-refractivity contribution >= 4 is 50.0 Å². The van der Waals surface area contributed by atoms with Gasteiger partial charge in [0.05, 0.1) is 16.2 Å². The zero-order valence-electron chi connectivity index (χ0n) is 19.9. The summed E-state index contributed by atoms with van der Waals surface area (Å²) >= 11 is 12.4. The Morgan fingerprint density at radius 1 is 1.06 bits per heavy atom. The average Bonchev–Trinajstić information content (AvgIpc) is 3.27. The zero-order valence-corrected chi connectivity index (χ0v) is 22.2. The van der Waals surface area contributed by atoms with Crippen LogP contribution in [0, 0.1) is 6.92 Å². The fourth-order valence-corrected chi connectivity index (χ4v) is 5.10. The number of likely N-dealkylation sites (N-methyl/N-ethyl adjacent to an activating group) is 1. The van der Waals surface area contributed by atoms with Crippen molar-refractivity contribution in [1.29, 1.82) is 0 Å². The Bertz CT molecular complexity index is 1490. The van der Waals surface area contributed by atoms with Crippen molar-refractivity contribution in [1.82, 2.24) is 9.88 Å². The van der Waals surface area contributed by atoms with Crippen molar-refractivity contribution in [2.24, 2.45) is 0 Å². The van der Waals surface area contributed by atoms with E-state index in [1.807, 2.05) is 19.0 Å². The van der Waals surface area contributed by atoms with E-state index in [0.29, 0.717) is 39.1 Å². The molecule has 0 aliphatic carbocycles. The van der Waals surface area contributed by atoms with E-state index in [1.54, 1.807) is 43.3 Å². The minimum atomic E-state index is -3.99. The molecule has 0 unspecified atom stereocenters. The van der Waals surface area contributed by atoms with Gasteiger partial charge in [-0.15, -0.1) is 0 Å². The SMILES string of the molecule is Cc1c(Cl)cccc1S(=O)(=O)Nc1cc2occc2nc1OCc1ccc(Cl)c(OCCN(C)C)c1. The van der Waals surface area contributed by atoms with Crippen molar-refractivity contribution < 1.29 is 22.3 Å². The maximum absolute atomic E-state index is 13.2. The van der Waals surface area contributed by atoms with Crippen LogP contribution in [0.4, 0.5) is 5.69 Å². The number of sulfonamides is 1. The summed E-state index contributed by atoms with van der Waals surface area (Å²) < 4.78 is 46.1. The topological polar surface area (TPSA) is 93.9 Å². The molecule has 11 heteroatoms. The van der Waals surface area contributed by atoms with Gasteiger partial charge in [0.25, 0.3) is 10.0 Å². The van der Waals surface area contributed by atoms with Gasteiger partial charge in [0.15, 0.2) is 5.58 Å². The first-order valence-electron chi connectivity index (χ1n) is 11.0. The zero-order chi connectivity index (χ0) is 25.9. The van der Waals surface area contributed by atoms with E-state index < -0.39 is 10.0 Å². The van der Waals surface area contributed by atoms with Gasteiger partial charge < -0.3 is 18.8 Å². The van der Waals surface area contributed by atoms with Crippen molar-refractivity contribution in [3.63, 3.8) is 0 Å². The second-order valence-electron chi connectivity index (χ2n) is 8.32. The van der Waals surface area contributed by atoms with E-state index in [0.717, 1.165) is 12.1 Å². The summed E-state index contributed by atoms with van der Waals surface area (Å²) in [7, 11) is -0.0770. The van der Waals surface area contributed by atoms with Gasteiger partial charge in [0.1, 0.15) is 30.2 Å². The Morgan fingerprint density at radius 2 is 1.86 bits per heavy atom. The molecule has 2 aromatic carbocycles. The molecule has 190 valence electrons. The third-order valence-electron chi connectivity index (χ3n) is 5.32. The number of hydrogen-bond donors (Lipinski definition) is 1. The quantitative estimate of drug-likeness (QED) is 0.268. The number of pyridine rings is 1. The molecular weight excluding hydrogens is 525 g/mol. The Kier molecular flexibility index (Phi) is 7.94. The maximum atomic E-state index is 13.2. The van der Waals surface area contributed by atoms with E-state index in [9.17, 15) is 8.42 Å². The molecule has 4 rings (SSSR count). The van der Waals surface area contributed by atoms with Crippen LogP contribution in [0.3, 0.4) is 0 Å². The van der Waals surface area contributed by atoms with Crippen LogP contribution in [-0.4, -0.2) is 45.5 Å². The largest absolute Gasteiger partial charge is 0.491 e. The van der Waals surface area contributed by atoms with Crippen LogP contribution < -0.4 is 14.2 Å². The molecule has 0 atom stereocenters. The van der Waals surface area contributed by atoms with Crippen LogP contribution in [0.2, 0.25) is 10.0 Å². The second kappa shape index (κ2) is 11.0. The summed E-state index contributed by atoms with van der Waals surface area (Å²) in [4.78, 5) is 6.50. The monoisotopic (exact) mass is 549 g/mol. The Balaban J connectivity index is 1.59. The van der Waals surface area contributed by atoms with Crippen molar-refractivity contribution in [2.75, 3.05) is 32.0 Å². The standard InChI is InChI=1S/C25H25Cl2N3O5S/c1-16-18(26)5-4-6-24(16)36(31,32)29-21-14-23-20(9-11-33-23)28-25(21)35-15-17-7-8-19(27)22(13-17)34-12-10-30(2)3/h4-9,11,13-14,29H,10,12,15H2,1-3H3. The lowest BCUT2D eigenvalue weighted by Crippen LogP contribution is -2.19. The summed E-state index contributed by atoms with van der Waals surface area (Å²) in [6.07, 6.45) is 1.47. The third-order valence-corrected chi connectivity index (χ3v) is 7.55. The number of furan rings is 1. The highest BCUT2D eigenvalue weighted by molar-refractivity contribution is 7.92. The highest BCUT2D eigenvalue weighted by Crippen LogP contribution is 2.32. The van der Waals surface area contributed by atoms with Gasteiger partial charge in [-0.3, -0.25) is 4.72 Å². The molecule has 0 amide bonds. The minimum Gasteiger partial charge on any atom is -0.491 e. The lowest BCUT2D eigenvalue weighted by atomic mass is 10.2. The molecule has 1 N–H and O–H groups in total. The highest BCUT2D eigenvalue weighted by Gasteiger charge is 2.22. The van der Waals surface area contributed by atoms with E-state index in [1.165, 1.54) is 18.4 Å². The van der Waals surface area contributed by atoms with Crippen LogP contribution in [0.15, 0.2) is 64.1 Å². The molecule has 0 bridgehead atoms. The van der Waals surface area contributed by atoms with Crippen LogP contribution in [0.25, 0.3) is 11.1 Å². The van der Waals surface area contributed by atoms with Gasteiger partial charge in [-0.2, -0.15) is 0 Å². The van der Waals surface area contributed by atoms with Gasteiger partial charge in [-0.1, -0.05) is 35.3 Å². The number of fused-ring (bicyclic) bond motifs is 1. The summed E-state index contributed by atoms with van der Waals surface area (Å²) in [5, 5.41) is 0.834. The summed E-state index contributed by atoms with van der Waals surface area (Å²) in [5.74, 6) is 0.632. The number of halogens is 2. The van der Waals surface area contributed by atoms with Crippen molar-refractivity contribution in [3.05, 3.63) is 76.0 Å². The lowest BCUT2D eigenvalue weighted by molar-refractivity contribution is 0.260. The molecule has 36 heavy (non-hydrogen) atoms. The molecule has 0 fully saturated rings. The van der Waals surface area contributed by atoms with E-state index in [2.05, 4.69) is 9.71 Å². The number of aromatic nitrogens is 1. The fraction of sp³-hybridized carbons (Fsp3) is 0.240. The summed E-state index contributed by atoms with van der Waals surface area (Å²) in [5.41, 5.74) is 2.27. The fourth-order valence-electron chi connectivity index (χ4n) is 3.38. The summed E-state index contributed by atoms with van der Waals surface area (Å²) in [6.45, 7) is 2.95. The molecule has 0 radical (unpaired) electrons. The molecule has 2 heterocycles. The number of rotatable bonds is 10. The number of benzene rings is 2. The molecule has 0 aliphatic heterocycles. The van der Waals surface area contributed by atoms with Crippen LogP contribution in [-0.2, 0) is 16.6 Å². The molecule has 0 spiro atoms. The number of hydrogen-bond acceptors (Lipinski definition) is 7. The summed E-state index contributed by atoms with van der Waals surface area (Å²) in [6, 6.07) is 13.2. The molecule has 4 aromatic rings. The van der Waals surface area contributed by atoms with Crippen molar-refractivity contribution in [3.8, 4) is 11.6 Å². The molecule has 0 aliphatic rings. The smallest absolute Gasteiger partial charge is 0.262 e. The van der Waals surface area contributed by atoms with E-state index in [4.69, 9.17) is 37.1 Å². The first kappa shape index (κ1) is 26.1. The number of nitrogens with zero attached hydrogens (tertiary/aromatic N) is 2. The Labute approximate surface area is 219 Å². The van der Waals surface area contributed by atoms with Crippen LogP contribution in [0.5, 0.6) is 11.6 Å². The van der Waals surface area contributed by atoms with E-state index >= 15 is 0 Å². The Hall–Kier alpha value is -2.98. The van der Waals surface area contributed by atoms with Crippen LogP contribution >= 0.6 is 23.2 Å². The van der Waals surface area contributed by atoms with Crippen molar-refractivity contribution in [2.45, 2.75) is 18.4 Å². The van der Waals surface area contributed by atoms with Gasteiger partial charge in [0.2, 0.25) is 5.88 Å².